The van der Waals surface area contributed by atoms with E-state index in [0.717, 1.165) is 27.7 Å². The maximum absolute atomic E-state index is 13.1. The van der Waals surface area contributed by atoms with Crippen molar-refractivity contribution in [2.45, 2.75) is 53.2 Å². The number of aryl methyl sites for hydroxylation is 2. The summed E-state index contributed by atoms with van der Waals surface area (Å²) >= 11 is 0. The Kier molecular flexibility index (Phi) is 8.20. The third-order valence-electron chi connectivity index (χ3n) is 6.99. The molecule has 4 rings (SSSR count). The van der Waals surface area contributed by atoms with Gasteiger partial charge in [-0.1, -0.05) is 48.0 Å². The number of hydrogen-bond acceptors (Lipinski definition) is 4. The summed E-state index contributed by atoms with van der Waals surface area (Å²) in [5.41, 5.74) is 7.30. The third-order valence-corrected chi connectivity index (χ3v) is 6.99. The molecular formula is C32H36N2O4. The lowest BCUT2D eigenvalue weighted by atomic mass is 10.0. The van der Waals surface area contributed by atoms with Crippen molar-refractivity contribution < 1.29 is 19.1 Å². The Morgan fingerprint density at radius 1 is 0.974 bits per heavy atom. The molecule has 0 aliphatic heterocycles. The molecule has 2 atom stereocenters. The highest BCUT2D eigenvalue weighted by atomic mass is 16.6. The Morgan fingerprint density at radius 3 is 2.47 bits per heavy atom. The van der Waals surface area contributed by atoms with Gasteiger partial charge in [0.25, 0.3) is 5.91 Å². The van der Waals surface area contributed by atoms with Crippen LogP contribution in [-0.4, -0.2) is 29.2 Å². The number of hydrogen-bond donors (Lipinski definition) is 1. The normalized spacial score (nSPS) is 12.7. The van der Waals surface area contributed by atoms with Crippen molar-refractivity contribution in [1.29, 1.82) is 0 Å². The number of rotatable bonds is 9. The van der Waals surface area contributed by atoms with Crippen molar-refractivity contribution in [2.75, 3.05) is 6.61 Å². The van der Waals surface area contributed by atoms with E-state index in [4.69, 9.17) is 9.47 Å². The van der Waals surface area contributed by atoms with Crippen LogP contribution >= 0.6 is 0 Å². The number of benzene rings is 3. The Balaban J connectivity index is 1.54. The molecule has 1 aromatic heterocycles. The fraction of sp³-hybridized carbons (Fsp3) is 0.312. The van der Waals surface area contributed by atoms with Crippen LogP contribution in [0.5, 0.6) is 5.75 Å². The van der Waals surface area contributed by atoms with Crippen molar-refractivity contribution in [2.24, 2.45) is 7.05 Å². The molecule has 0 fully saturated rings. The summed E-state index contributed by atoms with van der Waals surface area (Å²) in [6, 6.07) is 21.8. The summed E-state index contributed by atoms with van der Waals surface area (Å²) in [5.74, 6) is 0.153. The Labute approximate surface area is 224 Å². The molecule has 0 aliphatic carbocycles. The number of fused-ring (bicyclic) bond motifs is 1. The van der Waals surface area contributed by atoms with Crippen LogP contribution in [0, 0.1) is 13.8 Å². The molecule has 3 aromatic carbocycles. The topological polar surface area (TPSA) is 69.6 Å². The molecule has 0 spiro atoms. The molecule has 0 aliphatic rings. The standard InChI is InChI=1S/C32H36N2O4/c1-7-37-32(36)23(5)38-27-13-9-11-24(17-27)18-29-22(4)34(6)30-19-26(14-15-28(29)30)31(35)33-21(3)25-12-8-10-20(2)16-25/h8-17,19,21,23H,7,18H2,1-6H3,(H,33,35)/t21-,23?/m0/s1. The molecule has 0 radical (unpaired) electrons. The average Bonchev–Trinajstić information content (AvgIpc) is 3.13. The van der Waals surface area contributed by atoms with Crippen molar-refractivity contribution in [1.82, 2.24) is 9.88 Å². The molecule has 198 valence electrons. The second kappa shape index (κ2) is 11.5. The van der Waals surface area contributed by atoms with Gasteiger partial charge in [0.15, 0.2) is 6.10 Å². The molecule has 1 amide bonds. The number of nitrogens with zero attached hydrogens (tertiary/aromatic N) is 1. The second-order valence-electron chi connectivity index (χ2n) is 9.80. The van der Waals surface area contributed by atoms with E-state index in [9.17, 15) is 9.59 Å². The van der Waals surface area contributed by atoms with Gasteiger partial charge >= 0.3 is 5.97 Å². The minimum absolute atomic E-state index is 0.0927. The van der Waals surface area contributed by atoms with Crippen LogP contribution in [0.15, 0.2) is 66.7 Å². The molecule has 0 saturated carbocycles. The van der Waals surface area contributed by atoms with E-state index in [1.165, 1.54) is 11.1 Å². The van der Waals surface area contributed by atoms with Crippen LogP contribution in [0.1, 0.15) is 65.1 Å². The van der Waals surface area contributed by atoms with Crippen molar-refractivity contribution in [3.63, 3.8) is 0 Å². The van der Waals surface area contributed by atoms with Gasteiger partial charge in [0.1, 0.15) is 5.75 Å². The van der Waals surface area contributed by atoms with Crippen LogP contribution in [-0.2, 0) is 23.0 Å². The SMILES string of the molecule is CCOC(=O)C(C)Oc1cccc(Cc2c(C)n(C)c3cc(C(=O)N[C@@H](C)c4cccc(C)c4)ccc23)c1. The van der Waals surface area contributed by atoms with E-state index >= 15 is 0 Å². The molecule has 0 bridgehead atoms. The van der Waals surface area contributed by atoms with E-state index in [0.29, 0.717) is 24.3 Å². The highest BCUT2D eigenvalue weighted by Crippen LogP contribution is 2.29. The van der Waals surface area contributed by atoms with Crippen LogP contribution in [0.2, 0.25) is 0 Å². The minimum atomic E-state index is -0.678. The maximum atomic E-state index is 13.1. The van der Waals surface area contributed by atoms with Gasteiger partial charge in [-0.3, -0.25) is 4.79 Å². The zero-order valence-corrected chi connectivity index (χ0v) is 23.0. The van der Waals surface area contributed by atoms with Crippen molar-refractivity contribution >= 4 is 22.8 Å². The molecule has 1 N–H and O–H groups in total. The van der Waals surface area contributed by atoms with Gasteiger partial charge in [-0.05, 0) is 82.0 Å². The predicted octanol–water partition coefficient (Wildman–Crippen LogP) is 6.21. The van der Waals surface area contributed by atoms with Crippen LogP contribution in [0.3, 0.4) is 0 Å². The molecule has 6 heteroatoms. The predicted molar refractivity (Wildman–Crippen MR) is 151 cm³/mol. The minimum Gasteiger partial charge on any atom is -0.479 e. The summed E-state index contributed by atoms with van der Waals surface area (Å²) in [4.78, 5) is 25.1. The lowest BCUT2D eigenvalue weighted by molar-refractivity contribution is -0.150. The van der Waals surface area contributed by atoms with Gasteiger partial charge in [0.2, 0.25) is 0 Å². The molecular weight excluding hydrogens is 476 g/mol. The first kappa shape index (κ1) is 27.0. The Morgan fingerprint density at radius 2 is 1.74 bits per heavy atom. The first-order valence-corrected chi connectivity index (χ1v) is 13.1. The molecule has 0 saturated heterocycles. The fourth-order valence-electron chi connectivity index (χ4n) is 4.75. The summed E-state index contributed by atoms with van der Waals surface area (Å²) in [6.45, 7) is 9.93. The highest BCUT2D eigenvalue weighted by Gasteiger charge is 2.18. The van der Waals surface area contributed by atoms with Gasteiger partial charge in [-0.15, -0.1) is 0 Å². The smallest absolute Gasteiger partial charge is 0.347 e. The monoisotopic (exact) mass is 512 g/mol. The quantitative estimate of drug-likeness (QED) is 0.271. The molecule has 1 heterocycles. The second-order valence-corrected chi connectivity index (χ2v) is 9.80. The number of esters is 1. The first-order valence-electron chi connectivity index (χ1n) is 13.1. The average molecular weight is 513 g/mol. The zero-order chi connectivity index (χ0) is 27.4. The van der Waals surface area contributed by atoms with Gasteiger partial charge in [0.05, 0.1) is 12.6 Å². The van der Waals surface area contributed by atoms with E-state index in [2.05, 4.69) is 41.9 Å². The van der Waals surface area contributed by atoms with Gasteiger partial charge in [-0.25, -0.2) is 4.79 Å². The number of ether oxygens (including phenoxy) is 2. The summed E-state index contributed by atoms with van der Waals surface area (Å²) in [5, 5.41) is 4.24. The summed E-state index contributed by atoms with van der Waals surface area (Å²) in [6.07, 6.45) is 0.0204. The maximum Gasteiger partial charge on any atom is 0.347 e. The molecule has 1 unspecified atom stereocenters. The largest absolute Gasteiger partial charge is 0.479 e. The summed E-state index contributed by atoms with van der Waals surface area (Å²) < 4.78 is 13.0. The Hall–Kier alpha value is -4.06. The lowest BCUT2D eigenvalue weighted by Gasteiger charge is -2.15. The van der Waals surface area contributed by atoms with E-state index in [1.54, 1.807) is 13.8 Å². The first-order chi connectivity index (χ1) is 18.2. The molecule has 4 aromatic rings. The van der Waals surface area contributed by atoms with Gasteiger partial charge in [0, 0.05) is 29.2 Å². The van der Waals surface area contributed by atoms with Crippen LogP contribution in [0.25, 0.3) is 10.9 Å². The van der Waals surface area contributed by atoms with E-state index in [-0.39, 0.29) is 17.9 Å². The summed E-state index contributed by atoms with van der Waals surface area (Å²) in [7, 11) is 2.03. The van der Waals surface area contributed by atoms with Crippen LogP contribution < -0.4 is 10.1 Å². The Bertz CT molecular complexity index is 1470. The number of amides is 1. The zero-order valence-electron chi connectivity index (χ0n) is 23.0. The fourth-order valence-corrected chi connectivity index (χ4v) is 4.75. The third kappa shape index (κ3) is 5.91. The number of carbonyl (C=O) groups is 2. The van der Waals surface area contributed by atoms with Gasteiger partial charge in [-0.2, -0.15) is 0 Å². The van der Waals surface area contributed by atoms with Gasteiger partial charge < -0.3 is 19.4 Å². The number of nitrogens with one attached hydrogen (secondary N) is 1. The van der Waals surface area contributed by atoms with Crippen molar-refractivity contribution in [3.05, 3.63) is 100 Å². The lowest BCUT2D eigenvalue weighted by Crippen LogP contribution is -2.26. The molecule has 6 nitrogen and oxygen atoms in total. The van der Waals surface area contributed by atoms with E-state index in [1.807, 2.05) is 62.5 Å². The van der Waals surface area contributed by atoms with E-state index < -0.39 is 6.10 Å². The van der Waals surface area contributed by atoms with Crippen molar-refractivity contribution in [3.8, 4) is 5.75 Å². The number of carbonyl (C=O) groups excluding carboxylic acids is 2. The highest BCUT2D eigenvalue weighted by molar-refractivity contribution is 5.99. The molecule has 38 heavy (non-hydrogen) atoms. The van der Waals surface area contributed by atoms with Crippen LogP contribution in [0.4, 0.5) is 0 Å². The number of aromatic nitrogens is 1.